The zero-order valence-corrected chi connectivity index (χ0v) is 20.4. The van der Waals surface area contributed by atoms with Crippen LogP contribution in [0, 0.1) is 11.8 Å². The van der Waals surface area contributed by atoms with Gasteiger partial charge in [-0.15, -0.1) is 6.58 Å². The topological polar surface area (TPSA) is 94.8 Å². The lowest BCUT2D eigenvalue weighted by molar-refractivity contribution is -0.137. The Labute approximate surface area is 198 Å². The Kier molecular flexibility index (Phi) is 14.6. The number of unbranched alkanes of at least 4 members (excludes halogenated alkanes) is 4. The van der Waals surface area contributed by atoms with Crippen LogP contribution < -0.4 is 0 Å². The molecule has 32 heavy (non-hydrogen) atoms. The van der Waals surface area contributed by atoms with E-state index in [0.717, 1.165) is 19.3 Å². The summed E-state index contributed by atoms with van der Waals surface area (Å²) in [6, 6.07) is 0. The molecule has 3 N–H and O–H groups in total. The molecule has 1 saturated carbocycles. The molecule has 0 aromatic carbocycles. The van der Waals surface area contributed by atoms with Crippen molar-refractivity contribution in [3.05, 3.63) is 37.0 Å². The standard InChI is InChI=1S/C26H42O5S/c1-3-5-6-11-16-26(31,4-2)17-12-14-22-21(13-9-7-8-10-15-25(29)30)23(28)20-24(22)32-19-18-27/h4,7,9,12,14,21-22,24,27,31H,2-3,5-6,8,10-11,13,15-20H2,1H3,(H,29,30)/t21-,22-,24-,26?/m1/s1. The Morgan fingerprint density at radius 3 is 2.66 bits per heavy atom. The molecule has 6 heteroatoms. The van der Waals surface area contributed by atoms with Crippen molar-refractivity contribution < 1.29 is 24.9 Å². The number of aliphatic hydroxyl groups excluding tert-OH is 1. The van der Waals surface area contributed by atoms with Gasteiger partial charge < -0.3 is 15.3 Å². The van der Waals surface area contributed by atoms with E-state index in [4.69, 9.17) is 5.11 Å². The molecule has 0 bridgehead atoms. The van der Waals surface area contributed by atoms with Crippen molar-refractivity contribution >= 4 is 23.5 Å². The van der Waals surface area contributed by atoms with Crippen LogP contribution in [0.2, 0.25) is 0 Å². The third-order valence-corrected chi connectivity index (χ3v) is 7.45. The van der Waals surface area contributed by atoms with E-state index in [1.165, 1.54) is 6.42 Å². The van der Waals surface area contributed by atoms with Crippen molar-refractivity contribution in [2.75, 3.05) is 12.4 Å². The summed E-state index contributed by atoms with van der Waals surface area (Å²) in [7, 11) is 0. The van der Waals surface area contributed by atoms with E-state index in [1.54, 1.807) is 17.8 Å². The van der Waals surface area contributed by atoms with E-state index < -0.39 is 11.6 Å². The summed E-state index contributed by atoms with van der Waals surface area (Å²) in [5, 5.41) is 28.9. The van der Waals surface area contributed by atoms with Gasteiger partial charge in [0.05, 0.1) is 12.2 Å². The van der Waals surface area contributed by atoms with E-state index in [1.807, 2.05) is 18.2 Å². The number of rotatable bonds is 18. The molecular formula is C26H42O5S. The maximum absolute atomic E-state index is 12.7. The van der Waals surface area contributed by atoms with Gasteiger partial charge in [-0.2, -0.15) is 11.8 Å². The fourth-order valence-electron chi connectivity index (χ4n) is 4.19. The highest BCUT2D eigenvalue weighted by molar-refractivity contribution is 8.00. The Balaban J connectivity index is 2.74. The third-order valence-electron chi connectivity index (χ3n) is 6.12. The van der Waals surface area contributed by atoms with E-state index in [2.05, 4.69) is 19.6 Å². The third kappa shape index (κ3) is 11.0. The number of carboxylic acid groups (broad SMARTS) is 1. The van der Waals surface area contributed by atoms with E-state index in [9.17, 15) is 19.8 Å². The Bertz CT molecular complexity index is 630. The molecule has 0 heterocycles. The molecule has 1 aliphatic rings. The molecule has 0 aromatic heterocycles. The number of allylic oxidation sites excluding steroid dienone is 3. The molecule has 0 aliphatic heterocycles. The van der Waals surface area contributed by atoms with Gasteiger partial charge in [-0.1, -0.05) is 63.0 Å². The zero-order chi connectivity index (χ0) is 23.8. The normalized spacial score (nSPS) is 23.2. The summed E-state index contributed by atoms with van der Waals surface area (Å²) >= 11 is 1.64. The number of aliphatic hydroxyl groups is 2. The van der Waals surface area contributed by atoms with E-state index >= 15 is 0 Å². The summed E-state index contributed by atoms with van der Waals surface area (Å²) in [5.74, 6) is 0.0112. The minimum absolute atomic E-state index is 0.0666. The van der Waals surface area contributed by atoms with Gasteiger partial charge in [0.25, 0.3) is 0 Å². The van der Waals surface area contributed by atoms with Gasteiger partial charge in [-0.05, 0) is 38.0 Å². The van der Waals surface area contributed by atoms with Crippen molar-refractivity contribution in [1.29, 1.82) is 0 Å². The lowest BCUT2D eigenvalue weighted by Crippen LogP contribution is -2.25. The van der Waals surface area contributed by atoms with Crippen molar-refractivity contribution in [2.45, 2.75) is 88.4 Å². The molecule has 5 nitrogen and oxygen atoms in total. The maximum Gasteiger partial charge on any atom is 0.303 e. The highest BCUT2D eigenvalue weighted by Crippen LogP contribution is 2.40. The number of ketones is 1. The fourth-order valence-corrected chi connectivity index (χ4v) is 5.38. The second-order valence-electron chi connectivity index (χ2n) is 8.73. The average Bonchev–Trinajstić information content (AvgIpc) is 3.06. The zero-order valence-electron chi connectivity index (χ0n) is 19.6. The van der Waals surface area contributed by atoms with Gasteiger partial charge in [-0.25, -0.2) is 0 Å². The lowest BCUT2D eigenvalue weighted by atomic mass is 9.88. The SMILES string of the molecule is C=CC(O)(CC=C[C@H]1[C@H](SCCO)CC(=O)[C@@H]1CC=CCCCC(=O)O)CCCCCC. The minimum atomic E-state index is -0.917. The fraction of sp³-hybridized carbons (Fsp3) is 0.692. The molecule has 4 atom stereocenters. The summed E-state index contributed by atoms with van der Waals surface area (Å²) in [5.41, 5.74) is -0.917. The molecule has 1 aliphatic carbocycles. The molecule has 0 aromatic rings. The summed E-state index contributed by atoms with van der Waals surface area (Å²) in [6.07, 6.45) is 17.9. The number of Topliss-reactive ketones (excluding diaryl/α,β-unsaturated/α-hetero) is 1. The molecule has 1 unspecified atom stereocenters. The molecule has 0 amide bonds. The first-order valence-corrected chi connectivity index (χ1v) is 13.1. The maximum atomic E-state index is 12.7. The van der Waals surface area contributed by atoms with Crippen LogP contribution in [0.4, 0.5) is 0 Å². The first kappa shape index (κ1) is 28.7. The van der Waals surface area contributed by atoms with Crippen LogP contribution in [0.5, 0.6) is 0 Å². The van der Waals surface area contributed by atoms with Gasteiger partial charge >= 0.3 is 5.97 Å². The van der Waals surface area contributed by atoms with Gasteiger partial charge in [0, 0.05) is 29.8 Å². The summed E-state index contributed by atoms with van der Waals surface area (Å²) in [6.45, 7) is 6.08. The van der Waals surface area contributed by atoms with Crippen LogP contribution >= 0.6 is 11.8 Å². The van der Waals surface area contributed by atoms with Gasteiger partial charge in [-0.3, -0.25) is 9.59 Å². The predicted molar refractivity (Wildman–Crippen MR) is 133 cm³/mol. The highest BCUT2D eigenvalue weighted by Gasteiger charge is 2.40. The van der Waals surface area contributed by atoms with Crippen LogP contribution in [-0.4, -0.2) is 50.3 Å². The van der Waals surface area contributed by atoms with Gasteiger partial charge in [0.15, 0.2) is 0 Å². The average molecular weight is 467 g/mol. The van der Waals surface area contributed by atoms with Gasteiger partial charge in [0.1, 0.15) is 5.78 Å². The second kappa shape index (κ2) is 16.3. The second-order valence-corrected chi connectivity index (χ2v) is 10.1. The van der Waals surface area contributed by atoms with Crippen molar-refractivity contribution in [3.63, 3.8) is 0 Å². The number of thioether (sulfide) groups is 1. The number of carbonyl (C=O) groups is 2. The Hall–Kier alpha value is -1.37. The number of carbonyl (C=O) groups excluding carboxylic acids is 1. The van der Waals surface area contributed by atoms with Crippen LogP contribution in [0.25, 0.3) is 0 Å². The molecule has 0 saturated heterocycles. The largest absolute Gasteiger partial charge is 0.481 e. The summed E-state index contributed by atoms with van der Waals surface area (Å²) < 4.78 is 0. The minimum Gasteiger partial charge on any atom is -0.481 e. The van der Waals surface area contributed by atoms with Crippen LogP contribution in [0.3, 0.4) is 0 Å². The molecule has 182 valence electrons. The Morgan fingerprint density at radius 1 is 1.22 bits per heavy atom. The molecule has 1 rings (SSSR count). The van der Waals surface area contributed by atoms with Crippen LogP contribution in [0.15, 0.2) is 37.0 Å². The number of hydrogen-bond acceptors (Lipinski definition) is 5. The summed E-state index contributed by atoms with van der Waals surface area (Å²) in [4.78, 5) is 23.3. The predicted octanol–water partition coefficient (Wildman–Crippen LogP) is 5.32. The number of aliphatic carboxylic acids is 1. The first-order valence-electron chi connectivity index (χ1n) is 12.0. The quantitative estimate of drug-likeness (QED) is 0.187. The number of hydrogen-bond donors (Lipinski definition) is 3. The Morgan fingerprint density at radius 2 is 2.00 bits per heavy atom. The van der Waals surface area contributed by atoms with Crippen molar-refractivity contribution in [1.82, 2.24) is 0 Å². The molecular weight excluding hydrogens is 424 g/mol. The molecule has 0 spiro atoms. The van der Waals surface area contributed by atoms with Crippen LogP contribution in [0.1, 0.15) is 77.6 Å². The number of carboxylic acids is 1. The lowest BCUT2D eigenvalue weighted by Gasteiger charge is -2.24. The van der Waals surface area contributed by atoms with Gasteiger partial charge in [0.2, 0.25) is 0 Å². The van der Waals surface area contributed by atoms with Crippen LogP contribution in [-0.2, 0) is 9.59 Å². The van der Waals surface area contributed by atoms with Crippen molar-refractivity contribution in [2.24, 2.45) is 11.8 Å². The van der Waals surface area contributed by atoms with Crippen molar-refractivity contribution in [3.8, 4) is 0 Å². The van der Waals surface area contributed by atoms with E-state index in [0.29, 0.717) is 44.3 Å². The smallest absolute Gasteiger partial charge is 0.303 e. The molecule has 0 radical (unpaired) electrons. The monoisotopic (exact) mass is 466 g/mol. The molecule has 1 fully saturated rings. The first-order chi connectivity index (χ1) is 15.4. The highest BCUT2D eigenvalue weighted by atomic mass is 32.2. The van der Waals surface area contributed by atoms with E-state index in [-0.39, 0.29) is 35.9 Å².